The summed E-state index contributed by atoms with van der Waals surface area (Å²) in [6.45, 7) is 1.71. The molecule has 0 saturated heterocycles. The van der Waals surface area contributed by atoms with Gasteiger partial charge in [0.1, 0.15) is 11.5 Å². The molecule has 0 aliphatic rings. The molecule has 0 spiro atoms. The first-order valence-corrected chi connectivity index (χ1v) is 10.5. The molecule has 0 aromatic heterocycles. The quantitative estimate of drug-likeness (QED) is 0.381. The Balaban J connectivity index is 1.46. The van der Waals surface area contributed by atoms with Crippen LogP contribution in [0.1, 0.15) is 34.8 Å². The minimum Gasteiger partial charge on any atom is -0.497 e. The van der Waals surface area contributed by atoms with E-state index in [0.717, 1.165) is 16.9 Å². The summed E-state index contributed by atoms with van der Waals surface area (Å²) < 4.78 is 10.1. The van der Waals surface area contributed by atoms with Crippen LogP contribution in [0.25, 0.3) is 0 Å². The lowest BCUT2D eigenvalue weighted by atomic mass is 10.1. The van der Waals surface area contributed by atoms with Crippen LogP contribution in [-0.4, -0.2) is 24.9 Å². The number of carbonyl (C=O) groups excluding carboxylic acids is 3. The molecule has 0 saturated carbocycles. The molecule has 0 fully saturated rings. The molecule has 7 heteroatoms. The molecular formula is C26H26N2O5. The van der Waals surface area contributed by atoms with Crippen molar-refractivity contribution in [2.75, 3.05) is 12.4 Å². The van der Waals surface area contributed by atoms with Crippen molar-refractivity contribution in [3.05, 3.63) is 89.5 Å². The van der Waals surface area contributed by atoms with Crippen molar-refractivity contribution >= 4 is 23.5 Å². The molecule has 2 N–H and O–H groups in total. The second kappa shape index (κ2) is 11.5. The van der Waals surface area contributed by atoms with Gasteiger partial charge in [0.25, 0.3) is 5.91 Å². The van der Waals surface area contributed by atoms with E-state index in [0.29, 0.717) is 36.4 Å². The molecule has 0 aliphatic carbocycles. The lowest BCUT2D eigenvalue weighted by molar-refractivity contribution is -0.131. The Labute approximate surface area is 192 Å². The molecule has 0 unspecified atom stereocenters. The van der Waals surface area contributed by atoms with Gasteiger partial charge in [0.05, 0.1) is 7.11 Å². The third-order valence-corrected chi connectivity index (χ3v) is 4.86. The number of rotatable bonds is 9. The summed E-state index contributed by atoms with van der Waals surface area (Å²) in [6, 6.07) is 21.3. The van der Waals surface area contributed by atoms with Gasteiger partial charge in [-0.15, -0.1) is 0 Å². The fourth-order valence-corrected chi connectivity index (χ4v) is 3.12. The molecule has 0 bridgehead atoms. The number of nitrogens with one attached hydrogen (secondary N) is 2. The van der Waals surface area contributed by atoms with Crippen molar-refractivity contribution in [1.82, 2.24) is 5.32 Å². The molecule has 0 heterocycles. The fourth-order valence-electron chi connectivity index (χ4n) is 3.12. The molecule has 33 heavy (non-hydrogen) atoms. The van der Waals surface area contributed by atoms with Crippen LogP contribution >= 0.6 is 0 Å². The Morgan fingerprint density at radius 1 is 0.848 bits per heavy atom. The number of hydrogen-bond acceptors (Lipinski definition) is 5. The fraction of sp³-hybridized carbons (Fsp3) is 0.192. The van der Waals surface area contributed by atoms with Crippen LogP contribution in [0.15, 0.2) is 72.8 Å². The largest absolute Gasteiger partial charge is 0.497 e. The Kier molecular flexibility index (Phi) is 8.18. The molecule has 0 atom stereocenters. The Morgan fingerprint density at radius 2 is 1.55 bits per heavy atom. The van der Waals surface area contributed by atoms with E-state index >= 15 is 0 Å². The average molecular weight is 447 g/mol. The van der Waals surface area contributed by atoms with Crippen LogP contribution in [0, 0.1) is 0 Å². The minimum absolute atomic E-state index is 0.0316. The maximum Gasteiger partial charge on any atom is 0.308 e. The van der Waals surface area contributed by atoms with Crippen molar-refractivity contribution in [3.63, 3.8) is 0 Å². The number of methoxy groups -OCH3 is 1. The third kappa shape index (κ3) is 7.50. The van der Waals surface area contributed by atoms with Gasteiger partial charge in [-0.2, -0.15) is 0 Å². The second-order valence-electron chi connectivity index (χ2n) is 7.40. The topological polar surface area (TPSA) is 93.7 Å². The standard InChI is InChI=1S/C26H26N2O5/c1-18(29)33-24-5-3-4-21(16-24)26(31)28-22-11-6-20(7-12-22)17-27-25(30)15-10-19-8-13-23(32-2)14-9-19/h3-9,11-14,16H,10,15,17H2,1-2H3,(H,27,30)(H,28,31). The normalized spacial score (nSPS) is 10.2. The van der Waals surface area contributed by atoms with Gasteiger partial charge in [0.15, 0.2) is 0 Å². The molecule has 0 aliphatic heterocycles. The Bertz CT molecular complexity index is 1110. The van der Waals surface area contributed by atoms with Crippen molar-refractivity contribution in [2.24, 2.45) is 0 Å². The maximum atomic E-state index is 12.5. The summed E-state index contributed by atoms with van der Waals surface area (Å²) in [5, 5.41) is 5.71. The SMILES string of the molecule is COc1ccc(CCC(=O)NCc2ccc(NC(=O)c3cccc(OC(C)=O)c3)cc2)cc1. The molecule has 2 amide bonds. The predicted molar refractivity (Wildman–Crippen MR) is 125 cm³/mol. The number of anilines is 1. The summed E-state index contributed by atoms with van der Waals surface area (Å²) >= 11 is 0. The number of benzene rings is 3. The lowest BCUT2D eigenvalue weighted by Gasteiger charge is -2.09. The van der Waals surface area contributed by atoms with E-state index in [1.54, 1.807) is 37.4 Å². The smallest absolute Gasteiger partial charge is 0.308 e. The molecule has 0 radical (unpaired) electrons. The highest BCUT2D eigenvalue weighted by atomic mass is 16.5. The Morgan fingerprint density at radius 3 is 2.21 bits per heavy atom. The maximum absolute atomic E-state index is 12.5. The molecule has 7 nitrogen and oxygen atoms in total. The van der Waals surface area contributed by atoms with Gasteiger partial charge in [-0.1, -0.05) is 30.3 Å². The first-order chi connectivity index (χ1) is 15.9. The minimum atomic E-state index is -0.448. The number of carbonyl (C=O) groups is 3. The average Bonchev–Trinajstić information content (AvgIpc) is 2.82. The molecule has 170 valence electrons. The van der Waals surface area contributed by atoms with E-state index in [-0.39, 0.29) is 11.8 Å². The molecule has 3 aromatic rings. The van der Waals surface area contributed by atoms with E-state index in [4.69, 9.17) is 9.47 Å². The van der Waals surface area contributed by atoms with Gasteiger partial charge in [-0.25, -0.2) is 0 Å². The van der Waals surface area contributed by atoms with E-state index in [1.165, 1.54) is 13.0 Å². The van der Waals surface area contributed by atoms with Gasteiger partial charge in [-0.3, -0.25) is 14.4 Å². The van der Waals surface area contributed by atoms with E-state index in [2.05, 4.69) is 10.6 Å². The highest BCUT2D eigenvalue weighted by Crippen LogP contribution is 2.16. The summed E-state index contributed by atoms with van der Waals surface area (Å²) in [6.07, 6.45) is 1.05. The third-order valence-electron chi connectivity index (χ3n) is 4.86. The zero-order valence-electron chi connectivity index (χ0n) is 18.6. The van der Waals surface area contributed by atoms with E-state index in [9.17, 15) is 14.4 Å². The van der Waals surface area contributed by atoms with Gasteiger partial charge in [0, 0.05) is 31.1 Å². The van der Waals surface area contributed by atoms with Gasteiger partial charge < -0.3 is 20.1 Å². The Hall–Kier alpha value is -4.13. The van der Waals surface area contributed by atoms with Crippen molar-refractivity contribution in [1.29, 1.82) is 0 Å². The highest BCUT2D eigenvalue weighted by Gasteiger charge is 2.09. The lowest BCUT2D eigenvalue weighted by Crippen LogP contribution is -2.23. The van der Waals surface area contributed by atoms with Gasteiger partial charge in [-0.05, 0) is 60.0 Å². The van der Waals surface area contributed by atoms with Crippen molar-refractivity contribution in [3.8, 4) is 11.5 Å². The van der Waals surface area contributed by atoms with Crippen LogP contribution in [-0.2, 0) is 22.6 Å². The number of ether oxygens (including phenoxy) is 2. The number of esters is 1. The summed E-state index contributed by atoms with van der Waals surface area (Å²) in [5.41, 5.74) is 2.99. The van der Waals surface area contributed by atoms with Crippen LogP contribution in [0.3, 0.4) is 0 Å². The highest BCUT2D eigenvalue weighted by molar-refractivity contribution is 6.04. The van der Waals surface area contributed by atoms with Crippen LogP contribution in [0.4, 0.5) is 5.69 Å². The van der Waals surface area contributed by atoms with E-state index in [1.807, 2.05) is 36.4 Å². The van der Waals surface area contributed by atoms with Crippen molar-refractivity contribution < 1.29 is 23.9 Å². The first kappa shape index (κ1) is 23.5. The molecule has 3 rings (SSSR count). The van der Waals surface area contributed by atoms with Crippen molar-refractivity contribution in [2.45, 2.75) is 26.3 Å². The van der Waals surface area contributed by atoms with Crippen LogP contribution in [0.5, 0.6) is 11.5 Å². The molecule has 3 aromatic carbocycles. The monoisotopic (exact) mass is 446 g/mol. The zero-order chi connectivity index (χ0) is 23.6. The number of aryl methyl sites for hydroxylation is 1. The van der Waals surface area contributed by atoms with Crippen LogP contribution < -0.4 is 20.1 Å². The van der Waals surface area contributed by atoms with Gasteiger partial charge in [0.2, 0.25) is 5.91 Å². The summed E-state index contributed by atoms with van der Waals surface area (Å²) in [5.74, 6) is 0.307. The summed E-state index contributed by atoms with van der Waals surface area (Å²) in [4.78, 5) is 35.7. The zero-order valence-corrected chi connectivity index (χ0v) is 18.6. The van der Waals surface area contributed by atoms with Gasteiger partial charge >= 0.3 is 5.97 Å². The predicted octanol–water partition coefficient (Wildman–Crippen LogP) is 4.12. The number of amides is 2. The van der Waals surface area contributed by atoms with E-state index < -0.39 is 5.97 Å². The second-order valence-corrected chi connectivity index (χ2v) is 7.40. The van der Waals surface area contributed by atoms with Crippen LogP contribution in [0.2, 0.25) is 0 Å². The molecular weight excluding hydrogens is 420 g/mol. The first-order valence-electron chi connectivity index (χ1n) is 10.5. The number of hydrogen-bond donors (Lipinski definition) is 2. The summed E-state index contributed by atoms with van der Waals surface area (Å²) in [7, 11) is 1.62.